The zero-order chi connectivity index (χ0) is 12.1. The summed E-state index contributed by atoms with van der Waals surface area (Å²) in [7, 11) is 0. The van der Waals surface area contributed by atoms with Gasteiger partial charge in [-0.2, -0.15) is 5.26 Å². The molecule has 0 amide bonds. The number of hydrogen-bond donors (Lipinski definition) is 1. The van der Waals surface area contributed by atoms with E-state index in [4.69, 9.17) is 5.26 Å². The number of anilines is 1. The lowest BCUT2D eigenvalue weighted by atomic mass is 10.1. The Hall–Kier alpha value is -2.41. The fourth-order valence-electron chi connectivity index (χ4n) is 1.53. The number of hydrogen-bond acceptors (Lipinski definition) is 4. The first kappa shape index (κ1) is 11.1. The zero-order valence-electron chi connectivity index (χ0n) is 9.46. The summed E-state index contributed by atoms with van der Waals surface area (Å²) in [5, 5.41) is 12.2. The van der Waals surface area contributed by atoms with Crippen LogP contribution >= 0.6 is 0 Å². The first-order valence-corrected chi connectivity index (χ1v) is 5.33. The van der Waals surface area contributed by atoms with Crippen molar-refractivity contribution in [3.63, 3.8) is 0 Å². The van der Waals surface area contributed by atoms with Gasteiger partial charge in [0.05, 0.1) is 11.6 Å². The van der Waals surface area contributed by atoms with Crippen LogP contribution in [0.25, 0.3) is 0 Å². The number of rotatable bonds is 3. The molecule has 1 unspecified atom stereocenters. The Morgan fingerprint density at radius 1 is 1.29 bits per heavy atom. The lowest BCUT2D eigenvalue weighted by Crippen LogP contribution is -2.09. The average Bonchev–Trinajstić information content (AvgIpc) is 2.40. The summed E-state index contributed by atoms with van der Waals surface area (Å²) in [5.74, 6) is 0.603. The molecule has 4 nitrogen and oxygen atoms in total. The molecule has 2 rings (SSSR count). The van der Waals surface area contributed by atoms with Crippen LogP contribution < -0.4 is 5.32 Å². The Morgan fingerprint density at radius 2 is 2.12 bits per heavy atom. The van der Waals surface area contributed by atoms with E-state index >= 15 is 0 Å². The van der Waals surface area contributed by atoms with Gasteiger partial charge in [-0.05, 0) is 30.7 Å². The topological polar surface area (TPSA) is 61.6 Å². The third-order valence-corrected chi connectivity index (χ3v) is 2.47. The van der Waals surface area contributed by atoms with E-state index < -0.39 is 0 Å². The van der Waals surface area contributed by atoms with E-state index in [2.05, 4.69) is 21.4 Å². The highest BCUT2D eigenvalue weighted by molar-refractivity contribution is 5.52. The number of nitriles is 1. The number of aromatic nitrogens is 2. The lowest BCUT2D eigenvalue weighted by molar-refractivity contribution is 0.865. The van der Waals surface area contributed by atoms with Crippen LogP contribution in [-0.2, 0) is 0 Å². The van der Waals surface area contributed by atoms with Gasteiger partial charge in [0.25, 0.3) is 0 Å². The van der Waals surface area contributed by atoms with Crippen molar-refractivity contribution in [2.75, 3.05) is 5.32 Å². The summed E-state index contributed by atoms with van der Waals surface area (Å²) in [5.41, 5.74) is 1.60. The minimum Gasteiger partial charge on any atom is -0.362 e. The van der Waals surface area contributed by atoms with Crippen molar-refractivity contribution in [1.82, 2.24) is 9.97 Å². The van der Waals surface area contributed by atoms with E-state index in [1.165, 1.54) is 0 Å². The van der Waals surface area contributed by atoms with Gasteiger partial charge in [-0.25, -0.2) is 4.98 Å². The predicted molar refractivity (Wildman–Crippen MR) is 65.2 cm³/mol. The van der Waals surface area contributed by atoms with Crippen molar-refractivity contribution in [2.24, 2.45) is 0 Å². The van der Waals surface area contributed by atoms with Crippen molar-refractivity contribution in [3.8, 4) is 6.07 Å². The molecule has 84 valence electrons. The van der Waals surface area contributed by atoms with Gasteiger partial charge in [-0.1, -0.05) is 6.07 Å². The second-order valence-corrected chi connectivity index (χ2v) is 3.66. The molecule has 4 heteroatoms. The molecule has 0 saturated heterocycles. The minimum atomic E-state index is 0.0608. The number of nitrogens with zero attached hydrogens (tertiary/aromatic N) is 3. The van der Waals surface area contributed by atoms with Gasteiger partial charge in [-0.15, -0.1) is 0 Å². The monoisotopic (exact) mass is 224 g/mol. The van der Waals surface area contributed by atoms with Crippen LogP contribution in [0, 0.1) is 11.3 Å². The van der Waals surface area contributed by atoms with Crippen LogP contribution in [0.2, 0.25) is 0 Å². The predicted octanol–water partition coefficient (Wildman–Crippen LogP) is 2.52. The van der Waals surface area contributed by atoms with Crippen molar-refractivity contribution in [3.05, 3.63) is 54.0 Å². The van der Waals surface area contributed by atoms with E-state index in [0.29, 0.717) is 11.4 Å². The molecule has 17 heavy (non-hydrogen) atoms. The zero-order valence-corrected chi connectivity index (χ0v) is 9.46. The molecule has 0 saturated carbocycles. The molecule has 0 aromatic carbocycles. The number of nitrogens with one attached hydrogen (secondary N) is 1. The third-order valence-electron chi connectivity index (χ3n) is 2.47. The maximum Gasteiger partial charge on any atom is 0.144 e. The van der Waals surface area contributed by atoms with Gasteiger partial charge in [0, 0.05) is 18.6 Å². The highest BCUT2D eigenvalue weighted by Gasteiger charge is 2.08. The molecule has 0 aliphatic carbocycles. The van der Waals surface area contributed by atoms with Gasteiger partial charge in [0.15, 0.2) is 0 Å². The molecule has 0 bridgehead atoms. The molecule has 0 aliphatic rings. The van der Waals surface area contributed by atoms with E-state index in [-0.39, 0.29) is 6.04 Å². The van der Waals surface area contributed by atoms with Gasteiger partial charge >= 0.3 is 0 Å². The van der Waals surface area contributed by atoms with Crippen LogP contribution in [0.3, 0.4) is 0 Å². The molecule has 2 heterocycles. The molecule has 0 fully saturated rings. The second kappa shape index (κ2) is 5.08. The molecule has 0 spiro atoms. The smallest absolute Gasteiger partial charge is 0.144 e. The molecule has 2 aromatic rings. The Morgan fingerprint density at radius 3 is 2.82 bits per heavy atom. The fourth-order valence-corrected chi connectivity index (χ4v) is 1.53. The Balaban J connectivity index is 2.19. The van der Waals surface area contributed by atoms with E-state index in [1.807, 2.05) is 19.1 Å². The summed E-state index contributed by atoms with van der Waals surface area (Å²) >= 11 is 0. The molecule has 2 aromatic heterocycles. The first-order chi connectivity index (χ1) is 8.31. The molecule has 1 N–H and O–H groups in total. The molecule has 1 atom stereocenters. The van der Waals surface area contributed by atoms with Crippen LogP contribution in [-0.4, -0.2) is 9.97 Å². The number of pyridine rings is 2. The van der Waals surface area contributed by atoms with Gasteiger partial charge in [0.1, 0.15) is 11.9 Å². The highest BCUT2D eigenvalue weighted by Crippen LogP contribution is 2.18. The van der Waals surface area contributed by atoms with Crippen molar-refractivity contribution < 1.29 is 0 Å². The maximum atomic E-state index is 8.96. The summed E-state index contributed by atoms with van der Waals surface area (Å²) in [6.45, 7) is 2.01. The standard InChI is InChI=1S/C13H12N4/c1-10(12-5-2-6-15-9-12)17-13-11(8-14)4-3-7-16-13/h2-7,9-10H,1H3,(H,16,17). The van der Waals surface area contributed by atoms with E-state index in [1.54, 1.807) is 30.7 Å². The highest BCUT2D eigenvalue weighted by atomic mass is 15.0. The van der Waals surface area contributed by atoms with Crippen molar-refractivity contribution in [1.29, 1.82) is 5.26 Å². The Labute approximate surface area is 100.0 Å². The van der Waals surface area contributed by atoms with Gasteiger partial charge in [-0.3, -0.25) is 4.98 Å². The molecule has 0 radical (unpaired) electrons. The maximum absolute atomic E-state index is 8.96. The second-order valence-electron chi connectivity index (χ2n) is 3.66. The summed E-state index contributed by atoms with van der Waals surface area (Å²) in [6.07, 6.45) is 5.20. The summed E-state index contributed by atoms with van der Waals surface area (Å²) in [6, 6.07) is 9.53. The molecular weight excluding hydrogens is 212 g/mol. The molecular formula is C13H12N4. The van der Waals surface area contributed by atoms with Crippen molar-refractivity contribution >= 4 is 5.82 Å². The Bertz CT molecular complexity index is 531. The minimum absolute atomic E-state index is 0.0608. The van der Waals surface area contributed by atoms with Crippen molar-refractivity contribution in [2.45, 2.75) is 13.0 Å². The van der Waals surface area contributed by atoms with E-state index in [9.17, 15) is 0 Å². The van der Waals surface area contributed by atoms with Gasteiger partial charge < -0.3 is 5.32 Å². The summed E-state index contributed by atoms with van der Waals surface area (Å²) < 4.78 is 0. The quantitative estimate of drug-likeness (QED) is 0.870. The third kappa shape index (κ3) is 2.58. The molecule has 0 aliphatic heterocycles. The van der Waals surface area contributed by atoms with Crippen LogP contribution in [0.4, 0.5) is 5.82 Å². The Kier molecular flexibility index (Phi) is 3.31. The van der Waals surface area contributed by atoms with E-state index in [0.717, 1.165) is 5.56 Å². The SMILES string of the molecule is CC(Nc1ncccc1C#N)c1cccnc1. The van der Waals surface area contributed by atoms with Crippen LogP contribution in [0.5, 0.6) is 0 Å². The summed E-state index contributed by atoms with van der Waals surface area (Å²) in [4.78, 5) is 8.23. The van der Waals surface area contributed by atoms with Gasteiger partial charge in [0.2, 0.25) is 0 Å². The normalized spacial score (nSPS) is 11.5. The van der Waals surface area contributed by atoms with Crippen LogP contribution in [0.15, 0.2) is 42.9 Å². The lowest BCUT2D eigenvalue weighted by Gasteiger charge is -2.14. The fraction of sp³-hybridized carbons (Fsp3) is 0.154. The first-order valence-electron chi connectivity index (χ1n) is 5.33. The largest absolute Gasteiger partial charge is 0.362 e. The average molecular weight is 224 g/mol. The van der Waals surface area contributed by atoms with Crippen LogP contribution in [0.1, 0.15) is 24.1 Å².